The summed E-state index contributed by atoms with van der Waals surface area (Å²) in [7, 11) is 0. The van der Waals surface area contributed by atoms with Gasteiger partial charge in [-0.05, 0) is 24.6 Å². The van der Waals surface area contributed by atoms with Crippen LogP contribution in [0.4, 0.5) is 0 Å². The molecule has 0 radical (unpaired) electrons. The van der Waals surface area contributed by atoms with Gasteiger partial charge >= 0.3 is 0 Å². The van der Waals surface area contributed by atoms with Crippen LogP contribution in [-0.4, -0.2) is 16.6 Å². The van der Waals surface area contributed by atoms with Crippen molar-refractivity contribution in [1.82, 2.24) is 10.3 Å². The second-order valence-electron chi connectivity index (χ2n) is 2.73. The summed E-state index contributed by atoms with van der Waals surface area (Å²) in [6, 6.07) is 1.72. The highest BCUT2D eigenvalue weighted by Crippen LogP contribution is 2.07. The number of nitrogens with one attached hydrogen (secondary N) is 1. The second kappa shape index (κ2) is 4.72. The molecule has 0 atom stereocenters. The molecule has 0 aromatic carbocycles. The van der Waals surface area contributed by atoms with Crippen LogP contribution in [0.3, 0.4) is 0 Å². The van der Waals surface area contributed by atoms with Crippen LogP contribution in [0.15, 0.2) is 18.5 Å². The molecule has 0 bridgehead atoms. The zero-order valence-corrected chi connectivity index (χ0v) is 7.25. The molecular weight excluding hydrogens is 152 g/mol. The van der Waals surface area contributed by atoms with Crippen LogP contribution in [0.2, 0.25) is 0 Å². The summed E-state index contributed by atoms with van der Waals surface area (Å²) >= 11 is 0. The van der Waals surface area contributed by atoms with Crippen LogP contribution < -0.4 is 5.32 Å². The first-order valence-corrected chi connectivity index (χ1v) is 4.16. The van der Waals surface area contributed by atoms with Crippen molar-refractivity contribution in [3.05, 3.63) is 24.0 Å². The van der Waals surface area contributed by atoms with Gasteiger partial charge in [-0.1, -0.05) is 6.92 Å². The number of aromatic nitrogens is 1. The number of nitrogens with zero attached hydrogens (tertiary/aromatic N) is 1. The fourth-order valence-electron chi connectivity index (χ4n) is 0.980. The Balaban J connectivity index is 2.41. The topological polar surface area (TPSA) is 45.2 Å². The predicted octanol–water partition coefficient (Wildman–Crippen LogP) is 1.29. The number of pyridine rings is 1. The van der Waals surface area contributed by atoms with E-state index >= 15 is 0 Å². The molecule has 66 valence electrons. The van der Waals surface area contributed by atoms with Crippen LogP contribution in [0.25, 0.3) is 0 Å². The molecule has 1 rings (SSSR count). The minimum absolute atomic E-state index is 0.228. The van der Waals surface area contributed by atoms with Gasteiger partial charge in [0.1, 0.15) is 5.75 Å². The third-order valence-electron chi connectivity index (χ3n) is 1.54. The van der Waals surface area contributed by atoms with Gasteiger partial charge in [0, 0.05) is 12.7 Å². The lowest BCUT2D eigenvalue weighted by Gasteiger charge is -2.02. The molecule has 0 unspecified atom stereocenters. The lowest BCUT2D eigenvalue weighted by Crippen LogP contribution is -2.13. The van der Waals surface area contributed by atoms with Crippen molar-refractivity contribution in [2.24, 2.45) is 0 Å². The first-order valence-electron chi connectivity index (χ1n) is 4.16. The molecule has 12 heavy (non-hydrogen) atoms. The number of aromatic hydroxyl groups is 1. The molecule has 3 nitrogen and oxygen atoms in total. The molecule has 1 heterocycles. The van der Waals surface area contributed by atoms with E-state index in [0.717, 1.165) is 25.1 Å². The van der Waals surface area contributed by atoms with Crippen molar-refractivity contribution in [3.8, 4) is 5.75 Å². The highest BCUT2D eigenvalue weighted by atomic mass is 16.3. The molecule has 0 fully saturated rings. The molecule has 2 N–H and O–H groups in total. The number of hydrogen-bond donors (Lipinski definition) is 2. The van der Waals surface area contributed by atoms with E-state index in [0.29, 0.717) is 0 Å². The summed E-state index contributed by atoms with van der Waals surface area (Å²) in [6.07, 6.45) is 4.30. The van der Waals surface area contributed by atoms with E-state index in [1.807, 2.05) is 0 Å². The number of hydrogen-bond acceptors (Lipinski definition) is 3. The van der Waals surface area contributed by atoms with Crippen molar-refractivity contribution in [2.75, 3.05) is 6.54 Å². The predicted molar refractivity (Wildman–Crippen MR) is 47.9 cm³/mol. The third-order valence-corrected chi connectivity index (χ3v) is 1.54. The Morgan fingerprint density at radius 3 is 3.00 bits per heavy atom. The summed E-state index contributed by atoms with van der Waals surface area (Å²) in [4.78, 5) is 3.87. The van der Waals surface area contributed by atoms with Gasteiger partial charge in [-0.25, -0.2) is 0 Å². The largest absolute Gasteiger partial charge is 0.506 e. The molecule has 0 aliphatic carbocycles. The molecular formula is C9H14N2O. The van der Waals surface area contributed by atoms with E-state index in [-0.39, 0.29) is 5.75 Å². The van der Waals surface area contributed by atoms with Crippen LogP contribution >= 0.6 is 0 Å². The molecule has 0 saturated carbocycles. The lowest BCUT2D eigenvalue weighted by atomic mass is 10.3. The zero-order valence-electron chi connectivity index (χ0n) is 7.25. The van der Waals surface area contributed by atoms with Crippen molar-refractivity contribution < 1.29 is 5.11 Å². The Hall–Kier alpha value is -1.09. The fraction of sp³-hybridized carbons (Fsp3) is 0.444. The first kappa shape index (κ1) is 9.00. The van der Waals surface area contributed by atoms with E-state index in [1.54, 1.807) is 12.3 Å². The van der Waals surface area contributed by atoms with E-state index in [9.17, 15) is 0 Å². The van der Waals surface area contributed by atoms with Gasteiger partial charge < -0.3 is 10.4 Å². The minimum atomic E-state index is 0.228. The van der Waals surface area contributed by atoms with Crippen molar-refractivity contribution in [3.63, 3.8) is 0 Å². The van der Waals surface area contributed by atoms with Crippen LogP contribution in [0.5, 0.6) is 5.75 Å². The summed E-state index contributed by atoms with van der Waals surface area (Å²) in [5.74, 6) is 0.228. The maximum Gasteiger partial charge on any atom is 0.134 e. The average Bonchev–Trinajstić information content (AvgIpc) is 2.05. The van der Waals surface area contributed by atoms with E-state index < -0.39 is 0 Å². The summed E-state index contributed by atoms with van der Waals surface area (Å²) < 4.78 is 0. The lowest BCUT2D eigenvalue weighted by molar-refractivity contribution is 0.471. The Bertz CT molecular complexity index is 238. The maximum atomic E-state index is 9.08. The van der Waals surface area contributed by atoms with Gasteiger partial charge in [0.05, 0.1) is 6.20 Å². The third kappa shape index (κ3) is 2.88. The standard InChI is InChI=1S/C9H14N2O/c1-2-3-10-5-8-4-9(12)7-11-6-8/h4,6-7,10,12H,2-3,5H2,1H3. The average molecular weight is 166 g/mol. The quantitative estimate of drug-likeness (QED) is 0.662. The Kier molecular flexibility index (Phi) is 3.54. The molecule has 0 spiro atoms. The first-order chi connectivity index (χ1) is 5.83. The van der Waals surface area contributed by atoms with Gasteiger partial charge in [-0.15, -0.1) is 0 Å². The van der Waals surface area contributed by atoms with Gasteiger partial charge in [-0.2, -0.15) is 0 Å². The van der Waals surface area contributed by atoms with E-state index in [4.69, 9.17) is 5.11 Å². The molecule has 0 saturated heterocycles. The molecule has 0 aliphatic rings. The van der Waals surface area contributed by atoms with Gasteiger partial charge in [0.2, 0.25) is 0 Å². The fourth-order valence-corrected chi connectivity index (χ4v) is 0.980. The molecule has 0 aliphatic heterocycles. The van der Waals surface area contributed by atoms with Crippen molar-refractivity contribution >= 4 is 0 Å². The molecule has 1 aromatic heterocycles. The smallest absolute Gasteiger partial charge is 0.134 e. The maximum absolute atomic E-state index is 9.08. The van der Waals surface area contributed by atoms with Gasteiger partial charge in [-0.3, -0.25) is 4.98 Å². The minimum Gasteiger partial charge on any atom is -0.506 e. The van der Waals surface area contributed by atoms with Crippen LogP contribution in [0.1, 0.15) is 18.9 Å². The van der Waals surface area contributed by atoms with Gasteiger partial charge in [0.15, 0.2) is 0 Å². The second-order valence-corrected chi connectivity index (χ2v) is 2.73. The van der Waals surface area contributed by atoms with E-state index in [1.165, 1.54) is 6.20 Å². The number of rotatable bonds is 4. The van der Waals surface area contributed by atoms with Crippen LogP contribution in [-0.2, 0) is 6.54 Å². The monoisotopic (exact) mass is 166 g/mol. The molecule has 0 amide bonds. The SMILES string of the molecule is CCCNCc1cncc(O)c1. The highest BCUT2D eigenvalue weighted by molar-refractivity contribution is 5.21. The normalized spacial score (nSPS) is 10.1. The van der Waals surface area contributed by atoms with Crippen LogP contribution in [0, 0.1) is 0 Å². The van der Waals surface area contributed by atoms with Crippen molar-refractivity contribution in [2.45, 2.75) is 19.9 Å². The van der Waals surface area contributed by atoms with E-state index in [2.05, 4.69) is 17.2 Å². The Labute approximate surface area is 72.5 Å². The summed E-state index contributed by atoms with van der Waals surface area (Å²) in [6.45, 7) is 3.89. The highest BCUT2D eigenvalue weighted by Gasteiger charge is 1.93. The van der Waals surface area contributed by atoms with Gasteiger partial charge in [0.25, 0.3) is 0 Å². The molecule has 1 aromatic rings. The molecule has 3 heteroatoms. The zero-order chi connectivity index (χ0) is 8.81. The summed E-state index contributed by atoms with van der Waals surface area (Å²) in [5, 5.41) is 12.3. The summed E-state index contributed by atoms with van der Waals surface area (Å²) in [5.41, 5.74) is 1.02. The van der Waals surface area contributed by atoms with Crippen molar-refractivity contribution in [1.29, 1.82) is 0 Å². The Morgan fingerprint density at radius 1 is 1.50 bits per heavy atom. The Morgan fingerprint density at radius 2 is 2.33 bits per heavy atom.